The first-order valence-corrected chi connectivity index (χ1v) is 23.9. The highest BCUT2D eigenvalue weighted by Crippen LogP contribution is 2.23. The van der Waals surface area contributed by atoms with Gasteiger partial charge in [-0.05, 0) is 77.0 Å². The molecule has 348 valence electrons. The van der Waals surface area contributed by atoms with Gasteiger partial charge < -0.3 is 40.3 Å². The van der Waals surface area contributed by atoms with Crippen LogP contribution < -0.4 is 5.32 Å². The summed E-state index contributed by atoms with van der Waals surface area (Å²) in [5.74, 6) is -0.193. The van der Waals surface area contributed by atoms with E-state index in [1.54, 1.807) is 0 Å². The number of amides is 1. The highest BCUT2D eigenvalue weighted by Gasteiger charge is 2.44. The Morgan fingerprint density at radius 2 is 1.02 bits per heavy atom. The van der Waals surface area contributed by atoms with Crippen LogP contribution in [0.5, 0.6) is 0 Å². The minimum Gasteiger partial charge on any atom is -0.394 e. The summed E-state index contributed by atoms with van der Waals surface area (Å²) in [6.45, 7) is 3.66. The number of carbonyl (C=O) groups excluding carboxylic acids is 1. The van der Waals surface area contributed by atoms with Crippen molar-refractivity contribution in [3.8, 4) is 0 Å². The van der Waals surface area contributed by atoms with Gasteiger partial charge in [-0.2, -0.15) is 0 Å². The Hall–Kier alpha value is -2.89. The standard InChI is InChI=1S/C52H87NO8/c1-3-5-7-9-11-13-15-16-17-18-19-20-21-22-23-24-25-26-27-28-29-30-32-34-36-38-40-42-48(56)53-45(44-60-52-51(59)50(58)49(57)47(43-54)61-52)46(55)41-39-37-35-33-31-14-12-10-8-6-4-2/h5,7,11,13,16-17,19-20,22-23,25-26,28-29,32,34,45-47,49-52,54-55,57-59H,3-4,6,8-10,12,14-15,18,21,24,27,30-31,33,35-44H2,1-2H3,(H,53,56)/b7-5-,13-11-,17-16-,20-19-,23-22-,26-25-,29-28-,34-32-. The maximum atomic E-state index is 13.0. The van der Waals surface area contributed by atoms with Gasteiger partial charge in [-0.3, -0.25) is 4.79 Å². The van der Waals surface area contributed by atoms with Gasteiger partial charge in [0.2, 0.25) is 5.91 Å². The first kappa shape index (κ1) is 56.1. The van der Waals surface area contributed by atoms with Crippen LogP contribution in [-0.2, 0) is 14.3 Å². The summed E-state index contributed by atoms with van der Waals surface area (Å²) in [6, 6.07) is -0.748. The van der Waals surface area contributed by atoms with Crippen LogP contribution in [0.3, 0.4) is 0 Å². The molecule has 7 atom stereocenters. The molecule has 61 heavy (non-hydrogen) atoms. The second kappa shape index (κ2) is 41.1. The number of unbranched alkanes of at least 4 members (excludes halogenated alkanes) is 12. The summed E-state index contributed by atoms with van der Waals surface area (Å²) < 4.78 is 11.2. The van der Waals surface area contributed by atoms with E-state index in [1.807, 2.05) is 0 Å². The second-order valence-electron chi connectivity index (χ2n) is 16.2. The number of hydrogen-bond acceptors (Lipinski definition) is 8. The van der Waals surface area contributed by atoms with Crippen molar-refractivity contribution in [2.75, 3.05) is 13.2 Å². The van der Waals surface area contributed by atoms with Crippen LogP contribution in [0.15, 0.2) is 97.2 Å². The third-order valence-electron chi connectivity index (χ3n) is 10.7. The van der Waals surface area contributed by atoms with Gasteiger partial charge >= 0.3 is 0 Å². The summed E-state index contributed by atoms with van der Waals surface area (Å²) in [5, 5.41) is 54.3. The van der Waals surface area contributed by atoms with E-state index in [4.69, 9.17) is 9.47 Å². The molecule has 1 aliphatic rings. The van der Waals surface area contributed by atoms with Crippen molar-refractivity contribution in [3.63, 3.8) is 0 Å². The molecule has 0 bridgehead atoms. The van der Waals surface area contributed by atoms with Crippen molar-refractivity contribution in [2.24, 2.45) is 0 Å². The Morgan fingerprint density at radius 3 is 1.48 bits per heavy atom. The number of nitrogens with one attached hydrogen (secondary N) is 1. The van der Waals surface area contributed by atoms with Crippen molar-refractivity contribution in [2.45, 2.75) is 211 Å². The van der Waals surface area contributed by atoms with E-state index < -0.39 is 49.5 Å². The van der Waals surface area contributed by atoms with Gasteiger partial charge in [0.1, 0.15) is 24.4 Å². The van der Waals surface area contributed by atoms with Crippen molar-refractivity contribution in [3.05, 3.63) is 97.2 Å². The van der Waals surface area contributed by atoms with Gasteiger partial charge in [-0.1, -0.05) is 182 Å². The van der Waals surface area contributed by atoms with Crippen LogP contribution in [0.2, 0.25) is 0 Å². The van der Waals surface area contributed by atoms with Crippen molar-refractivity contribution >= 4 is 5.91 Å². The quantitative estimate of drug-likeness (QED) is 0.0266. The average molecular weight is 854 g/mol. The highest BCUT2D eigenvalue weighted by molar-refractivity contribution is 5.76. The molecule has 1 aliphatic heterocycles. The normalized spacial score (nSPS) is 21.3. The molecule has 0 radical (unpaired) electrons. The summed E-state index contributed by atoms with van der Waals surface area (Å²) in [4.78, 5) is 13.0. The van der Waals surface area contributed by atoms with Crippen molar-refractivity contribution < 1.29 is 39.8 Å². The van der Waals surface area contributed by atoms with Crippen LogP contribution in [0.25, 0.3) is 0 Å². The Bertz CT molecular complexity index is 1270. The number of allylic oxidation sites excluding steroid dienone is 16. The highest BCUT2D eigenvalue weighted by atomic mass is 16.7. The third kappa shape index (κ3) is 31.6. The Balaban J connectivity index is 2.32. The minimum absolute atomic E-state index is 0.163. The molecule has 1 amide bonds. The number of aliphatic hydroxyl groups excluding tert-OH is 5. The molecule has 1 rings (SSSR count). The first-order chi connectivity index (χ1) is 29.8. The van der Waals surface area contributed by atoms with Gasteiger partial charge in [0, 0.05) is 6.42 Å². The molecule has 0 aromatic heterocycles. The topological polar surface area (TPSA) is 149 Å². The lowest BCUT2D eigenvalue weighted by molar-refractivity contribution is -0.302. The van der Waals surface area contributed by atoms with E-state index in [2.05, 4.69) is 116 Å². The summed E-state index contributed by atoms with van der Waals surface area (Å²) in [6.07, 6.45) is 51.3. The van der Waals surface area contributed by atoms with E-state index >= 15 is 0 Å². The molecule has 1 fully saturated rings. The molecule has 0 aromatic rings. The molecule has 0 aromatic carbocycles. The molecular weight excluding hydrogens is 767 g/mol. The van der Waals surface area contributed by atoms with Crippen molar-refractivity contribution in [1.82, 2.24) is 5.32 Å². The lowest BCUT2D eigenvalue weighted by Gasteiger charge is -2.40. The number of aliphatic hydroxyl groups is 5. The monoisotopic (exact) mass is 854 g/mol. The summed E-state index contributed by atoms with van der Waals surface area (Å²) in [7, 11) is 0. The SMILES string of the molecule is CC/C=C\C/C=C\C/C=C\C/C=C\C/C=C\C/C=C\C/C=C\C/C=C\CCCCC(=O)NC(COC1OC(CO)C(O)C(O)C1O)C(O)CCCCCCCCCCCCC. The van der Waals surface area contributed by atoms with Gasteiger partial charge in [0.15, 0.2) is 6.29 Å². The molecule has 7 unspecified atom stereocenters. The Kier molecular flexibility index (Phi) is 37.9. The predicted octanol–water partition coefficient (Wildman–Crippen LogP) is 10.5. The molecule has 0 spiro atoms. The maximum Gasteiger partial charge on any atom is 0.220 e. The van der Waals surface area contributed by atoms with Crippen LogP contribution >= 0.6 is 0 Å². The molecule has 9 heteroatoms. The third-order valence-corrected chi connectivity index (χ3v) is 10.7. The largest absolute Gasteiger partial charge is 0.394 e. The zero-order chi connectivity index (χ0) is 44.4. The number of hydrogen-bond donors (Lipinski definition) is 6. The fourth-order valence-electron chi connectivity index (χ4n) is 6.88. The Morgan fingerprint density at radius 1 is 0.574 bits per heavy atom. The molecule has 1 heterocycles. The van der Waals surface area contributed by atoms with Gasteiger partial charge in [-0.15, -0.1) is 0 Å². The summed E-state index contributed by atoms with van der Waals surface area (Å²) >= 11 is 0. The molecular formula is C52H87NO8. The molecule has 0 saturated carbocycles. The number of rotatable bonds is 38. The van der Waals surface area contributed by atoms with E-state index in [1.165, 1.54) is 51.4 Å². The van der Waals surface area contributed by atoms with Gasteiger partial charge in [0.05, 0.1) is 25.4 Å². The van der Waals surface area contributed by atoms with Crippen molar-refractivity contribution in [1.29, 1.82) is 0 Å². The zero-order valence-corrected chi connectivity index (χ0v) is 38.1. The van der Waals surface area contributed by atoms with Gasteiger partial charge in [0.25, 0.3) is 0 Å². The molecule has 9 nitrogen and oxygen atoms in total. The van der Waals surface area contributed by atoms with E-state index in [9.17, 15) is 30.3 Å². The molecule has 1 saturated heterocycles. The first-order valence-electron chi connectivity index (χ1n) is 23.9. The predicted molar refractivity (Wildman–Crippen MR) is 253 cm³/mol. The van der Waals surface area contributed by atoms with Crippen LogP contribution in [0, 0.1) is 0 Å². The van der Waals surface area contributed by atoms with E-state index in [-0.39, 0.29) is 12.5 Å². The number of carbonyl (C=O) groups is 1. The van der Waals surface area contributed by atoms with Crippen LogP contribution in [0.1, 0.15) is 168 Å². The zero-order valence-electron chi connectivity index (χ0n) is 38.1. The van der Waals surface area contributed by atoms with Gasteiger partial charge in [-0.25, -0.2) is 0 Å². The molecule has 6 N–H and O–H groups in total. The van der Waals surface area contributed by atoms with Crippen LogP contribution in [-0.4, -0.2) is 87.5 Å². The average Bonchev–Trinajstić information content (AvgIpc) is 3.26. The van der Waals surface area contributed by atoms with E-state index in [0.29, 0.717) is 19.3 Å². The minimum atomic E-state index is -1.57. The number of ether oxygens (including phenoxy) is 2. The maximum absolute atomic E-state index is 13.0. The fourth-order valence-corrected chi connectivity index (χ4v) is 6.88. The fraction of sp³-hybridized carbons (Fsp3) is 0.673. The summed E-state index contributed by atoms with van der Waals surface area (Å²) in [5.41, 5.74) is 0. The van der Waals surface area contributed by atoms with Crippen LogP contribution in [0.4, 0.5) is 0 Å². The molecule has 0 aliphatic carbocycles. The Labute approximate surface area is 371 Å². The second-order valence-corrected chi connectivity index (χ2v) is 16.2. The van der Waals surface area contributed by atoms with E-state index in [0.717, 1.165) is 83.5 Å². The lowest BCUT2D eigenvalue weighted by atomic mass is 9.99. The smallest absolute Gasteiger partial charge is 0.220 e. The lowest BCUT2D eigenvalue weighted by Crippen LogP contribution is -2.60.